The molecule has 1 aliphatic heterocycles. The molecule has 0 saturated heterocycles. The van der Waals surface area contributed by atoms with E-state index in [2.05, 4.69) is 5.16 Å². The molecule has 0 aromatic heterocycles. The Morgan fingerprint density at radius 3 is 2.81 bits per heavy atom. The van der Waals surface area contributed by atoms with Crippen molar-refractivity contribution in [2.75, 3.05) is 0 Å². The summed E-state index contributed by atoms with van der Waals surface area (Å²) in [7, 11) is 0. The summed E-state index contributed by atoms with van der Waals surface area (Å²) < 4.78 is 5.15. The zero-order valence-corrected chi connectivity index (χ0v) is 10.5. The van der Waals surface area contributed by atoms with Crippen LogP contribution in [-0.4, -0.2) is 28.9 Å². The van der Waals surface area contributed by atoms with Crippen molar-refractivity contribution in [2.24, 2.45) is 10.9 Å². The first-order valence-electron chi connectivity index (χ1n) is 5.14. The quantitative estimate of drug-likeness (QED) is 0.766. The number of ether oxygens (including phenoxy) is 1. The highest BCUT2D eigenvalue weighted by Gasteiger charge is 2.28. The number of rotatable bonds is 3. The lowest BCUT2D eigenvalue weighted by Crippen LogP contribution is -2.39. The minimum atomic E-state index is -0.706. The first kappa shape index (κ1) is 13.3. The SMILES string of the molecule is CC(C)(C)OC(=O)[C@@H](N)C[C@H]1CC(Cl)=NO1. The largest absolute Gasteiger partial charge is 0.459 e. The second-order valence-corrected chi connectivity index (χ2v) is 5.21. The second-order valence-electron chi connectivity index (χ2n) is 4.77. The van der Waals surface area contributed by atoms with E-state index in [1.54, 1.807) is 20.8 Å². The van der Waals surface area contributed by atoms with Crippen molar-refractivity contribution in [3.8, 4) is 0 Å². The molecule has 1 rings (SSSR count). The summed E-state index contributed by atoms with van der Waals surface area (Å²) in [5, 5.41) is 3.98. The van der Waals surface area contributed by atoms with Gasteiger partial charge in [-0.25, -0.2) is 0 Å². The van der Waals surface area contributed by atoms with Crippen LogP contribution in [0.15, 0.2) is 5.16 Å². The van der Waals surface area contributed by atoms with E-state index in [1.165, 1.54) is 0 Å². The molecule has 92 valence electrons. The first-order valence-corrected chi connectivity index (χ1v) is 5.52. The van der Waals surface area contributed by atoms with E-state index in [9.17, 15) is 4.79 Å². The van der Waals surface area contributed by atoms with Gasteiger partial charge in [-0.05, 0) is 20.8 Å². The van der Waals surface area contributed by atoms with Crippen LogP contribution < -0.4 is 5.73 Å². The molecule has 0 saturated carbocycles. The molecule has 0 aliphatic carbocycles. The summed E-state index contributed by atoms with van der Waals surface area (Å²) in [6, 6.07) is -0.706. The number of nitrogens with zero attached hydrogens (tertiary/aromatic N) is 1. The van der Waals surface area contributed by atoms with Gasteiger partial charge in [0.05, 0.1) is 0 Å². The molecule has 6 heteroatoms. The van der Waals surface area contributed by atoms with Gasteiger partial charge in [0.1, 0.15) is 22.9 Å². The smallest absolute Gasteiger partial charge is 0.323 e. The maximum Gasteiger partial charge on any atom is 0.323 e. The molecule has 0 unspecified atom stereocenters. The highest BCUT2D eigenvalue weighted by molar-refractivity contribution is 6.65. The predicted molar refractivity (Wildman–Crippen MR) is 61.2 cm³/mol. The number of hydrogen-bond acceptors (Lipinski definition) is 5. The van der Waals surface area contributed by atoms with Crippen LogP contribution in [0.1, 0.15) is 33.6 Å². The third-order valence-corrected chi connectivity index (χ3v) is 2.15. The van der Waals surface area contributed by atoms with Crippen LogP contribution >= 0.6 is 11.6 Å². The average molecular weight is 249 g/mol. The maximum absolute atomic E-state index is 11.6. The van der Waals surface area contributed by atoms with Gasteiger partial charge >= 0.3 is 5.97 Å². The van der Waals surface area contributed by atoms with Crippen molar-refractivity contribution >= 4 is 22.7 Å². The topological polar surface area (TPSA) is 73.9 Å². The van der Waals surface area contributed by atoms with E-state index >= 15 is 0 Å². The molecule has 1 aliphatic rings. The van der Waals surface area contributed by atoms with Crippen LogP contribution in [0.3, 0.4) is 0 Å². The lowest BCUT2D eigenvalue weighted by molar-refractivity contribution is -0.157. The summed E-state index contributed by atoms with van der Waals surface area (Å²) in [4.78, 5) is 16.5. The zero-order chi connectivity index (χ0) is 12.3. The molecule has 2 atom stereocenters. The monoisotopic (exact) mass is 248 g/mol. The number of halogens is 1. The molecule has 0 radical (unpaired) electrons. The fraction of sp³-hybridized carbons (Fsp3) is 0.800. The minimum absolute atomic E-state index is 0.227. The summed E-state index contributed by atoms with van der Waals surface area (Å²) in [5.74, 6) is -0.431. The zero-order valence-electron chi connectivity index (χ0n) is 9.70. The normalized spacial score (nSPS) is 22.3. The fourth-order valence-corrected chi connectivity index (χ4v) is 1.49. The Morgan fingerprint density at radius 1 is 1.75 bits per heavy atom. The van der Waals surface area contributed by atoms with Crippen LogP contribution in [0.2, 0.25) is 0 Å². The van der Waals surface area contributed by atoms with Gasteiger partial charge in [-0.15, -0.1) is 0 Å². The van der Waals surface area contributed by atoms with Crippen LogP contribution in [0, 0.1) is 0 Å². The van der Waals surface area contributed by atoms with Crippen LogP contribution in [-0.2, 0) is 14.4 Å². The van der Waals surface area contributed by atoms with Crippen LogP contribution in [0.4, 0.5) is 0 Å². The molecular formula is C10H17ClN2O3. The highest BCUT2D eigenvalue weighted by atomic mass is 35.5. The number of nitrogens with two attached hydrogens (primary N) is 1. The summed E-state index contributed by atoms with van der Waals surface area (Å²) in [6.07, 6.45) is 0.627. The molecule has 0 bridgehead atoms. The minimum Gasteiger partial charge on any atom is -0.459 e. The van der Waals surface area contributed by atoms with Gasteiger partial charge in [0, 0.05) is 12.8 Å². The fourth-order valence-electron chi connectivity index (χ4n) is 1.28. The van der Waals surface area contributed by atoms with Crippen molar-refractivity contribution in [1.29, 1.82) is 0 Å². The van der Waals surface area contributed by atoms with E-state index < -0.39 is 17.6 Å². The lowest BCUT2D eigenvalue weighted by Gasteiger charge is -2.22. The molecule has 1 heterocycles. The molecular weight excluding hydrogens is 232 g/mol. The third kappa shape index (κ3) is 4.37. The Bertz CT molecular complexity index is 299. The first-order chi connectivity index (χ1) is 7.28. The van der Waals surface area contributed by atoms with Crippen LogP contribution in [0.25, 0.3) is 0 Å². The maximum atomic E-state index is 11.6. The van der Waals surface area contributed by atoms with Crippen molar-refractivity contribution in [3.63, 3.8) is 0 Å². The third-order valence-electron chi connectivity index (χ3n) is 1.92. The Kier molecular flexibility index (Phi) is 4.15. The van der Waals surface area contributed by atoms with E-state index in [0.29, 0.717) is 18.0 Å². The standard InChI is InChI=1S/C10H17ClN2O3/c1-10(2,3)15-9(14)7(12)4-6-5-8(11)13-16-6/h6-7H,4-5,12H2,1-3H3/t6-,7-/m0/s1. The summed E-state index contributed by atoms with van der Waals surface area (Å²) in [5.41, 5.74) is 5.17. The van der Waals surface area contributed by atoms with Gasteiger partial charge < -0.3 is 15.3 Å². The molecule has 0 aromatic carbocycles. The van der Waals surface area contributed by atoms with Gasteiger partial charge in [-0.3, -0.25) is 4.79 Å². The summed E-state index contributed by atoms with van der Waals surface area (Å²) >= 11 is 5.64. The van der Waals surface area contributed by atoms with Crippen LogP contribution in [0.5, 0.6) is 0 Å². The van der Waals surface area contributed by atoms with Crippen molar-refractivity contribution in [3.05, 3.63) is 0 Å². The Morgan fingerprint density at radius 2 is 2.38 bits per heavy atom. The molecule has 0 fully saturated rings. The number of carbonyl (C=O) groups excluding carboxylic acids is 1. The lowest BCUT2D eigenvalue weighted by atomic mass is 10.1. The van der Waals surface area contributed by atoms with Crippen molar-refractivity contribution in [1.82, 2.24) is 0 Å². The summed E-state index contributed by atoms with van der Waals surface area (Å²) in [6.45, 7) is 5.39. The van der Waals surface area contributed by atoms with Crippen molar-refractivity contribution in [2.45, 2.75) is 51.4 Å². The number of oxime groups is 1. The molecule has 5 nitrogen and oxygen atoms in total. The predicted octanol–water partition coefficient (Wildman–Crippen LogP) is 1.39. The highest BCUT2D eigenvalue weighted by Crippen LogP contribution is 2.18. The Balaban J connectivity index is 2.35. The molecule has 2 N–H and O–H groups in total. The Hall–Kier alpha value is -0.810. The van der Waals surface area contributed by atoms with Gasteiger partial charge in [0.25, 0.3) is 0 Å². The molecule has 0 spiro atoms. The number of hydrogen-bond donors (Lipinski definition) is 1. The number of esters is 1. The van der Waals surface area contributed by atoms with Gasteiger partial charge in [0.2, 0.25) is 0 Å². The van der Waals surface area contributed by atoms with Gasteiger partial charge in [-0.1, -0.05) is 16.8 Å². The average Bonchev–Trinajstić information content (AvgIpc) is 2.48. The number of carbonyl (C=O) groups is 1. The van der Waals surface area contributed by atoms with Gasteiger partial charge in [0.15, 0.2) is 0 Å². The molecule has 0 amide bonds. The van der Waals surface area contributed by atoms with Crippen molar-refractivity contribution < 1.29 is 14.4 Å². The van der Waals surface area contributed by atoms with Gasteiger partial charge in [-0.2, -0.15) is 0 Å². The van der Waals surface area contributed by atoms with E-state index in [-0.39, 0.29) is 6.10 Å². The Labute approximate surface area is 99.9 Å². The molecule has 16 heavy (non-hydrogen) atoms. The van der Waals surface area contributed by atoms with E-state index in [4.69, 9.17) is 26.9 Å². The van der Waals surface area contributed by atoms with E-state index in [0.717, 1.165) is 0 Å². The van der Waals surface area contributed by atoms with E-state index in [1.807, 2.05) is 0 Å². The molecule has 0 aromatic rings. The second kappa shape index (κ2) is 5.01.